The molecule has 3 atom stereocenters. The van der Waals surface area contributed by atoms with Crippen LogP contribution in [0.25, 0.3) is 0 Å². The molecule has 3 saturated heterocycles. The van der Waals surface area contributed by atoms with Crippen LogP contribution in [-0.2, 0) is 14.2 Å². The minimum Gasteiger partial charge on any atom is -0.393 e. The summed E-state index contributed by atoms with van der Waals surface area (Å²) < 4.78 is 16.8. The fraction of sp³-hybridized carbons (Fsp3) is 1.00. The Bertz CT molecular complexity index is 269. The number of hydrogen-bond acceptors (Lipinski definition) is 4. The van der Waals surface area contributed by atoms with Gasteiger partial charge in [0.25, 0.3) is 0 Å². The predicted molar refractivity (Wildman–Crippen MR) is 66.4 cm³/mol. The molecular weight excluding hydrogens is 232 g/mol. The molecule has 3 rings (SSSR count). The van der Waals surface area contributed by atoms with Crippen molar-refractivity contribution in [2.75, 3.05) is 33.0 Å². The minimum absolute atomic E-state index is 0.0882. The third kappa shape index (κ3) is 2.57. The van der Waals surface area contributed by atoms with Gasteiger partial charge in [-0.3, -0.25) is 0 Å². The molecule has 0 bridgehead atoms. The second-order valence-electron chi connectivity index (χ2n) is 6.03. The molecule has 3 heterocycles. The van der Waals surface area contributed by atoms with E-state index in [0.29, 0.717) is 18.4 Å². The monoisotopic (exact) mass is 256 g/mol. The maximum atomic E-state index is 10.6. The summed E-state index contributed by atoms with van der Waals surface area (Å²) in [4.78, 5) is 0. The Morgan fingerprint density at radius 3 is 2.44 bits per heavy atom. The molecule has 0 aromatic carbocycles. The van der Waals surface area contributed by atoms with Gasteiger partial charge in [0.2, 0.25) is 0 Å². The summed E-state index contributed by atoms with van der Waals surface area (Å²) in [7, 11) is 0. The van der Waals surface area contributed by atoms with E-state index in [-0.39, 0.29) is 11.7 Å². The van der Waals surface area contributed by atoms with Gasteiger partial charge in [-0.1, -0.05) is 0 Å². The van der Waals surface area contributed by atoms with Gasteiger partial charge in [-0.05, 0) is 37.5 Å². The molecule has 18 heavy (non-hydrogen) atoms. The molecule has 0 amide bonds. The van der Waals surface area contributed by atoms with Gasteiger partial charge < -0.3 is 19.3 Å². The zero-order valence-electron chi connectivity index (χ0n) is 11.0. The molecule has 3 aliphatic heterocycles. The molecule has 104 valence electrons. The van der Waals surface area contributed by atoms with Crippen molar-refractivity contribution in [2.45, 2.75) is 43.8 Å². The van der Waals surface area contributed by atoms with Gasteiger partial charge in [-0.15, -0.1) is 0 Å². The molecule has 0 saturated carbocycles. The quantitative estimate of drug-likeness (QED) is 0.810. The van der Waals surface area contributed by atoms with Crippen LogP contribution in [0.1, 0.15) is 32.1 Å². The van der Waals surface area contributed by atoms with Crippen LogP contribution >= 0.6 is 0 Å². The van der Waals surface area contributed by atoms with E-state index in [2.05, 4.69) is 0 Å². The van der Waals surface area contributed by atoms with Crippen molar-refractivity contribution in [3.05, 3.63) is 0 Å². The number of hydrogen-bond donors (Lipinski definition) is 1. The first-order valence-corrected chi connectivity index (χ1v) is 7.27. The van der Waals surface area contributed by atoms with Crippen molar-refractivity contribution in [3.63, 3.8) is 0 Å². The lowest BCUT2D eigenvalue weighted by Gasteiger charge is -2.41. The topological polar surface area (TPSA) is 47.9 Å². The number of ether oxygens (including phenoxy) is 3. The van der Waals surface area contributed by atoms with Crippen molar-refractivity contribution in [1.82, 2.24) is 0 Å². The number of rotatable bonds is 2. The van der Waals surface area contributed by atoms with Crippen molar-refractivity contribution < 1.29 is 19.3 Å². The van der Waals surface area contributed by atoms with Gasteiger partial charge >= 0.3 is 0 Å². The van der Waals surface area contributed by atoms with Crippen LogP contribution in [-0.4, -0.2) is 49.8 Å². The first kappa shape index (κ1) is 12.9. The van der Waals surface area contributed by atoms with Crippen molar-refractivity contribution >= 4 is 0 Å². The Hall–Kier alpha value is -0.160. The highest BCUT2D eigenvalue weighted by Gasteiger charge is 2.44. The van der Waals surface area contributed by atoms with E-state index in [1.807, 2.05) is 0 Å². The Morgan fingerprint density at radius 1 is 0.944 bits per heavy atom. The van der Waals surface area contributed by atoms with E-state index in [0.717, 1.165) is 58.5 Å². The lowest BCUT2D eigenvalue weighted by molar-refractivity contribution is -0.128. The van der Waals surface area contributed by atoms with Crippen molar-refractivity contribution in [1.29, 1.82) is 0 Å². The largest absolute Gasteiger partial charge is 0.393 e. The van der Waals surface area contributed by atoms with Gasteiger partial charge in [0, 0.05) is 32.8 Å². The molecule has 0 aromatic rings. The van der Waals surface area contributed by atoms with E-state index >= 15 is 0 Å². The summed E-state index contributed by atoms with van der Waals surface area (Å²) in [6, 6.07) is 0. The minimum atomic E-state index is -0.185. The Labute approximate surface area is 109 Å². The number of aliphatic hydroxyl groups excluding tert-OH is 1. The van der Waals surface area contributed by atoms with E-state index in [1.165, 1.54) is 0 Å². The molecule has 3 aliphatic rings. The molecule has 0 aliphatic carbocycles. The molecule has 0 radical (unpaired) electrons. The predicted octanol–water partition coefficient (Wildman–Crippen LogP) is 1.36. The molecule has 1 spiro atoms. The molecule has 3 fully saturated rings. The van der Waals surface area contributed by atoms with E-state index in [9.17, 15) is 5.11 Å². The summed E-state index contributed by atoms with van der Waals surface area (Å²) in [5.74, 6) is 0.796. The van der Waals surface area contributed by atoms with Gasteiger partial charge in [-0.2, -0.15) is 0 Å². The second kappa shape index (κ2) is 5.45. The van der Waals surface area contributed by atoms with Gasteiger partial charge in [-0.25, -0.2) is 0 Å². The second-order valence-corrected chi connectivity index (χ2v) is 6.03. The maximum absolute atomic E-state index is 10.6. The highest BCUT2D eigenvalue weighted by molar-refractivity contribution is 4.93. The van der Waals surface area contributed by atoms with E-state index in [4.69, 9.17) is 14.2 Å². The van der Waals surface area contributed by atoms with E-state index < -0.39 is 0 Å². The molecule has 3 unspecified atom stereocenters. The molecule has 4 heteroatoms. The van der Waals surface area contributed by atoms with Crippen LogP contribution in [0.15, 0.2) is 0 Å². The summed E-state index contributed by atoms with van der Waals surface area (Å²) in [6.45, 7) is 3.90. The Balaban J connectivity index is 1.60. The molecular formula is C14H24O4. The zero-order chi connectivity index (χ0) is 12.4. The average molecular weight is 256 g/mol. The van der Waals surface area contributed by atoms with Crippen LogP contribution < -0.4 is 0 Å². The zero-order valence-corrected chi connectivity index (χ0v) is 11.0. The fourth-order valence-corrected chi connectivity index (χ4v) is 3.66. The van der Waals surface area contributed by atoms with Crippen LogP contribution in [0.4, 0.5) is 0 Å². The van der Waals surface area contributed by atoms with Gasteiger partial charge in [0.1, 0.15) is 0 Å². The van der Waals surface area contributed by atoms with Gasteiger partial charge in [0.15, 0.2) is 0 Å². The Kier molecular flexibility index (Phi) is 3.89. The van der Waals surface area contributed by atoms with Crippen molar-refractivity contribution in [2.24, 2.45) is 11.8 Å². The SMILES string of the molecule is OC(C1CCOCC1)C1CCOC2(CCOC2)C1. The lowest BCUT2D eigenvalue weighted by atomic mass is 9.76. The Morgan fingerprint density at radius 2 is 1.72 bits per heavy atom. The summed E-state index contributed by atoms with van der Waals surface area (Å²) >= 11 is 0. The van der Waals surface area contributed by atoms with Crippen LogP contribution in [0.2, 0.25) is 0 Å². The highest BCUT2D eigenvalue weighted by atomic mass is 16.6. The maximum Gasteiger partial charge on any atom is 0.0940 e. The normalized spacial score (nSPS) is 40.2. The van der Waals surface area contributed by atoms with Crippen LogP contribution in [0.5, 0.6) is 0 Å². The van der Waals surface area contributed by atoms with Crippen LogP contribution in [0.3, 0.4) is 0 Å². The first-order valence-electron chi connectivity index (χ1n) is 7.27. The first-order chi connectivity index (χ1) is 8.79. The summed E-state index contributed by atoms with van der Waals surface area (Å²) in [6.07, 6.45) is 4.76. The van der Waals surface area contributed by atoms with Crippen molar-refractivity contribution in [3.8, 4) is 0 Å². The third-order valence-corrected chi connectivity index (χ3v) is 4.83. The van der Waals surface area contributed by atoms with Gasteiger partial charge in [0.05, 0.1) is 18.3 Å². The number of aliphatic hydroxyl groups is 1. The summed E-state index contributed by atoms with van der Waals surface area (Å²) in [5.41, 5.74) is -0.0882. The standard InChI is InChI=1S/C14H24O4/c15-13(11-1-5-16-6-2-11)12-3-7-18-14(9-12)4-8-17-10-14/h11-13,15H,1-10H2. The molecule has 0 aromatic heterocycles. The third-order valence-electron chi connectivity index (χ3n) is 4.83. The average Bonchev–Trinajstić information content (AvgIpc) is 2.87. The molecule has 4 nitrogen and oxygen atoms in total. The van der Waals surface area contributed by atoms with E-state index in [1.54, 1.807) is 0 Å². The smallest absolute Gasteiger partial charge is 0.0940 e. The highest BCUT2D eigenvalue weighted by Crippen LogP contribution is 2.39. The fourth-order valence-electron chi connectivity index (χ4n) is 3.66. The summed E-state index contributed by atoms with van der Waals surface area (Å²) in [5, 5.41) is 10.6. The van der Waals surface area contributed by atoms with Crippen LogP contribution in [0, 0.1) is 11.8 Å². The lowest BCUT2D eigenvalue weighted by Crippen LogP contribution is -2.45. The molecule has 1 N–H and O–H groups in total.